The van der Waals surface area contributed by atoms with Crippen molar-refractivity contribution in [3.05, 3.63) is 46.7 Å². The Kier molecular flexibility index (Phi) is 5.16. The Morgan fingerprint density at radius 3 is 2.50 bits per heavy atom. The Labute approximate surface area is 105 Å². The van der Waals surface area contributed by atoms with Crippen molar-refractivity contribution in [2.75, 3.05) is 13.6 Å². The predicted octanol–water partition coefficient (Wildman–Crippen LogP) is 3.60. The van der Waals surface area contributed by atoms with E-state index >= 15 is 0 Å². The molecule has 0 amide bonds. The van der Waals surface area contributed by atoms with Crippen LogP contribution in [0.25, 0.3) is 0 Å². The first-order chi connectivity index (χ1) is 7.49. The van der Waals surface area contributed by atoms with Crippen LogP contribution in [0.5, 0.6) is 0 Å². The van der Waals surface area contributed by atoms with Crippen molar-refractivity contribution in [1.82, 2.24) is 4.90 Å². The van der Waals surface area contributed by atoms with Crippen molar-refractivity contribution in [1.29, 1.82) is 0 Å². The highest BCUT2D eigenvalue weighted by Crippen LogP contribution is 2.11. The van der Waals surface area contributed by atoms with E-state index in [0.29, 0.717) is 6.04 Å². The van der Waals surface area contributed by atoms with Crippen molar-refractivity contribution >= 4 is 15.9 Å². The Bertz CT molecular complexity index is 347. The molecule has 1 aromatic carbocycles. The van der Waals surface area contributed by atoms with Gasteiger partial charge >= 0.3 is 0 Å². The molecule has 0 fully saturated rings. The third kappa shape index (κ3) is 4.45. The summed E-state index contributed by atoms with van der Waals surface area (Å²) in [4.78, 5) is 2.21. The number of rotatable bonds is 5. The lowest BCUT2D eigenvalue weighted by Gasteiger charge is -2.24. The van der Waals surface area contributed by atoms with Gasteiger partial charge in [-0.15, -0.1) is 0 Å². The highest BCUT2D eigenvalue weighted by Gasteiger charge is 2.10. The third-order valence-corrected chi connectivity index (χ3v) is 2.87. The maximum atomic E-state index is 12.7. The highest BCUT2D eigenvalue weighted by atomic mass is 79.9. The van der Waals surface area contributed by atoms with Gasteiger partial charge in [-0.3, -0.25) is 4.90 Å². The fourth-order valence-corrected chi connectivity index (χ4v) is 1.94. The fraction of sp³-hybridized carbons (Fsp3) is 0.385. The van der Waals surface area contributed by atoms with E-state index in [1.807, 2.05) is 12.1 Å². The van der Waals surface area contributed by atoms with Crippen LogP contribution in [0.1, 0.15) is 12.5 Å². The molecule has 16 heavy (non-hydrogen) atoms. The van der Waals surface area contributed by atoms with Gasteiger partial charge in [0.05, 0.1) is 0 Å². The van der Waals surface area contributed by atoms with Crippen LogP contribution in [0.15, 0.2) is 35.3 Å². The molecule has 0 aliphatic heterocycles. The third-order valence-electron chi connectivity index (χ3n) is 2.62. The second-order valence-corrected chi connectivity index (χ2v) is 5.23. The van der Waals surface area contributed by atoms with E-state index < -0.39 is 0 Å². The lowest BCUT2D eigenvalue weighted by atomic mass is 10.1. The molecule has 0 heterocycles. The molecule has 1 unspecified atom stereocenters. The molecular formula is C13H17BrFN. The quantitative estimate of drug-likeness (QED) is 0.799. The van der Waals surface area contributed by atoms with E-state index in [1.165, 1.54) is 12.1 Å². The van der Waals surface area contributed by atoms with Crippen molar-refractivity contribution in [2.24, 2.45) is 0 Å². The van der Waals surface area contributed by atoms with Crippen LogP contribution in [0.4, 0.5) is 4.39 Å². The Morgan fingerprint density at radius 1 is 1.44 bits per heavy atom. The van der Waals surface area contributed by atoms with E-state index in [9.17, 15) is 4.39 Å². The minimum Gasteiger partial charge on any atom is -0.299 e. The normalized spacial score (nSPS) is 12.8. The van der Waals surface area contributed by atoms with Crippen LogP contribution < -0.4 is 0 Å². The molecule has 1 rings (SSSR count). The van der Waals surface area contributed by atoms with Gasteiger partial charge in [0.25, 0.3) is 0 Å². The van der Waals surface area contributed by atoms with Crippen LogP contribution >= 0.6 is 15.9 Å². The zero-order valence-corrected chi connectivity index (χ0v) is 11.3. The zero-order chi connectivity index (χ0) is 12.1. The summed E-state index contributed by atoms with van der Waals surface area (Å²) >= 11 is 3.35. The van der Waals surface area contributed by atoms with Gasteiger partial charge in [-0.25, -0.2) is 4.39 Å². The molecule has 0 aliphatic carbocycles. The van der Waals surface area contributed by atoms with E-state index in [2.05, 4.69) is 41.4 Å². The molecule has 0 aromatic heterocycles. The molecule has 0 radical (unpaired) electrons. The summed E-state index contributed by atoms with van der Waals surface area (Å²) in [5.41, 5.74) is 1.15. The van der Waals surface area contributed by atoms with Crippen LogP contribution in [0.2, 0.25) is 0 Å². The summed E-state index contributed by atoms with van der Waals surface area (Å²) < 4.78 is 13.7. The summed E-state index contributed by atoms with van der Waals surface area (Å²) in [6.45, 7) is 6.80. The SMILES string of the molecule is C=C(Br)CN(C)C(C)Cc1ccc(F)cc1. The van der Waals surface area contributed by atoms with Gasteiger partial charge in [-0.1, -0.05) is 34.6 Å². The molecule has 1 nitrogen and oxygen atoms in total. The predicted molar refractivity (Wildman–Crippen MR) is 70.3 cm³/mol. The molecule has 0 bridgehead atoms. The minimum absolute atomic E-state index is 0.182. The van der Waals surface area contributed by atoms with Crippen LogP contribution in [-0.2, 0) is 6.42 Å². The van der Waals surface area contributed by atoms with Gasteiger partial charge in [0.2, 0.25) is 0 Å². The lowest BCUT2D eigenvalue weighted by molar-refractivity contribution is 0.281. The first-order valence-electron chi connectivity index (χ1n) is 5.27. The van der Waals surface area contributed by atoms with Gasteiger partial charge < -0.3 is 0 Å². The molecule has 1 atom stereocenters. The summed E-state index contributed by atoms with van der Waals surface area (Å²) in [5.74, 6) is -0.182. The van der Waals surface area contributed by atoms with Crippen molar-refractivity contribution < 1.29 is 4.39 Å². The van der Waals surface area contributed by atoms with Crippen LogP contribution in [-0.4, -0.2) is 24.5 Å². The van der Waals surface area contributed by atoms with Gasteiger partial charge in [0.15, 0.2) is 0 Å². The van der Waals surface area contributed by atoms with Gasteiger partial charge in [-0.2, -0.15) is 0 Å². The summed E-state index contributed by atoms with van der Waals surface area (Å²) in [6, 6.07) is 7.09. The second-order valence-electron chi connectivity index (χ2n) is 4.11. The van der Waals surface area contributed by atoms with Gasteiger partial charge in [0, 0.05) is 17.1 Å². The molecule has 0 N–H and O–H groups in total. The summed E-state index contributed by atoms with van der Waals surface area (Å²) in [5, 5.41) is 0. The maximum absolute atomic E-state index is 12.7. The average Bonchev–Trinajstić information content (AvgIpc) is 2.20. The van der Waals surface area contributed by atoms with Gasteiger partial charge in [0.1, 0.15) is 5.82 Å². The molecule has 0 saturated carbocycles. The average molecular weight is 286 g/mol. The number of benzene rings is 1. The first-order valence-corrected chi connectivity index (χ1v) is 6.06. The maximum Gasteiger partial charge on any atom is 0.123 e. The number of likely N-dealkylation sites (N-methyl/N-ethyl adjacent to an activating group) is 1. The smallest absolute Gasteiger partial charge is 0.123 e. The Hall–Kier alpha value is -0.670. The van der Waals surface area contributed by atoms with Crippen molar-refractivity contribution in [3.8, 4) is 0 Å². The largest absolute Gasteiger partial charge is 0.299 e. The molecular weight excluding hydrogens is 269 g/mol. The Balaban J connectivity index is 2.53. The fourth-order valence-electron chi connectivity index (χ4n) is 1.54. The standard InChI is InChI=1S/C13H17BrFN/c1-10(14)9-16(3)11(2)8-12-4-6-13(15)7-5-12/h4-7,11H,1,8-9H2,2-3H3. The van der Waals surface area contributed by atoms with Crippen molar-refractivity contribution in [3.63, 3.8) is 0 Å². The molecule has 3 heteroatoms. The molecule has 1 aromatic rings. The monoisotopic (exact) mass is 285 g/mol. The lowest BCUT2D eigenvalue weighted by Crippen LogP contribution is -2.31. The number of nitrogens with zero attached hydrogens (tertiary/aromatic N) is 1. The second kappa shape index (κ2) is 6.16. The van der Waals surface area contributed by atoms with Crippen LogP contribution in [0, 0.1) is 5.82 Å². The molecule has 0 aliphatic rings. The van der Waals surface area contributed by atoms with E-state index in [-0.39, 0.29) is 5.82 Å². The summed E-state index contributed by atoms with van der Waals surface area (Å²) in [6.07, 6.45) is 0.914. The number of hydrogen-bond donors (Lipinski definition) is 0. The summed E-state index contributed by atoms with van der Waals surface area (Å²) in [7, 11) is 2.06. The molecule has 0 saturated heterocycles. The minimum atomic E-state index is -0.182. The number of hydrogen-bond acceptors (Lipinski definition) is 1. The zero-order valence-electron chi connectivity index (χ0n) is 9.71. The topological polar surface area (TPSA) is 3.24 Å². The van der Waals surface area contributed by atoms with Crippen LogP contribution in [0.3, 0.4) is 0 Å². The van der Waals surface area contributed by atoms with Crippen molar-refractivity contribution in [2.45, 2.75) is 19.4 Å². The molecule has 88 valence electrons. The van der Waals surface area contributed by atoms with E-state index in [4.69, 9.17) is 0 Å². The van der Waals surface area contributed by atoms with E-state index in [0.717, 1.165) is 23.0 Å². The number of halogens is 2. The molecule has 0 spiro atoms. The van der Waals surface area contributed by atoms with E-state index in [1.54, 1.807) is 0 Å². The first kappa shape index (κ1) is 13.4. The van der Waals surface area contributed by atoms with Gasteiger partial charge in [-0.05, 0) is 38.1 Å². The Morgan fingerprint density at radius 2 is 2.00 bits per heavy atom. The highest BCUT2D eigenvalue weighted by molar-refractivity contribution is 9.11.